The fourth-order valence-corrected chi connectivity index (χ4v) is 13.3. The zero-order valence-corrected chi connectivity index (χ0v) is 62.1. The summed E-state index contributed by atoms with van der Waals surface area (Å²) in [6, 6.07) is 68.1. The van der Waals surface area contributed by atoms with Crippen LogP contribution in [-0.2, 0) is 0 Å². The Morgan fingerprint density at radius 2 is 0.404 bits per heavy atom. The van der Waals surface area contributed by atoms with Gasteiger partial charge in [0.1, 0.15) is 22.3 Å². The van der Waals surface area contributed by atoms with Crippen LogP contribution in [0.25, 0.3) is 19.4 Å². The van der Waals surface area contributed by atoms with Gasteiger partial charge in [0.2, 0.25) is 0 Å². The predicted octanol–water partition coefficient (Wildman–Crippen LogP) is 23.3. The fraction of sp³-hybridized carbons (Fsp3) is 0.320. The first-order valence-electron chi connectivity index (χ1n) is 38.8. The highest BCUT2D eigenvalue weighted by Gasteiger charge is 2.21. The number of hydrogen-bond donors (Lipinski definition) is 0. The third-order valence-electron chi connectivity index (χ3n) is 18.5. The molecular weight excluding hydrogens is 1260 g/mol. The van der Waals surface area contributed by atoms with E-state index in [-0.39, 0.29) is 0 Å². The summed E-state index contributed by atoms with van der Waals surface area (Å²) in [5.41, 5.74) is 18.6. The Labute approximate surface area is 629 Å². The van der Waals surface area contributed by atoms with Crippen LogP contribution in [-0.4, -0.2) is 28.2 Å². The lowest BCUT2D eigenvalue weighted by Gasteiger charge is -2.22. The van der Waals surface area contributed by atoms with Gasteiger partial charge in [0, 0.05) is 72.2 Å². The molecule has 4 saturated carbocycles. The number of hydrogen-bond acceptors (Lipinski definition) is 0. The summed E-state index contributed by atoms with van der Waals surface area (Å²) in [5, 5.41) is 0. The molecule has 4 aliphatic carbocycles. The predicted molar refractivity (Wildman–Crippen MR) is 438 cm³/mol. The van der Waals surface area contributed by atoms with E-state index >= 15 is 0 Å². The van der Waals surface area contributed by atoms with Gasteiger partial charge in [0.05, 0.1) is 0 Å². The molecule has 0 heterocycles. The molecule has 0 amide bonds. The van der Waals surface area contributed by atoms with E-state index in [9.17, 15) is 0 Å². The van der Waals surface area contributed by atoms with E-state index in [0.29, 0.717) is 0 Å². The van der Waals surface area contributed by atoms with E-state index in [4.69, 9.17) is 5.48 Å². The van der Waals surface area contributed by atoms with Crippen LogP contribution >= 0.6 is 0 Å². The number of benzene rings is 8. The topological polar surface area (TPSA) is 17.4 Å². The van der Waals surface area contributed by atoms with Crippen LogP contribution < -0.4 is 0 Å². The SMILES string of the molecule is [2H]C1(c2ccc(C#CC)c(C#Cc3ccccc3C#[N+]C)c2)CCCCC1.[2H]C1(c2ccc(C#Cc3ccccc3C#CC)c(C#[N+]C)c2)CCCCC1.[2H]C1(c2ccc(C#Cc3ccccc3C#[N+]C)c(C#CC)c2)CCCCC1.[2H]C1(c2ccc(C#[N+]C)c(C#Cc3ccccc3C#CC)c2)CCCCC1. The average molecular weight is 1360 g/mol. The second-order valence-corrected chi connectivity index (χ2v) is 25.7. The first-order chi connectivity index (χ1) is 52.6. The highest BCUT2D eigenvalue weighted by Crippen LogP contribution is 2.37. The molecule has 4 aliphatic rings. The van der Waals surface area contributed by atoms with Crippen molar-refractivity contribution in [2.24, 2.45) is 0 Å². The van der Waals surface area contributed by atoms with Crippen molar-refractivity contribution < 1.29 is 5.48 Å². The zero-order valence-electron chi connectivity index (χ0n) is 66.1. The summed E-state index contributed by atoms with van der Waals surface area (Å²) in [7, 11) is 6.85. The monoisotopic (exact) mass is 1360 g/mol. The molecule has 0 aromatic heterocycles. The van der Waals surface area contributed by atoms with Gasteiger partial charge < -0.3 is 0 Å². The van der Waals surface area contributed by atoms with Gasteiger partial charge in [0.15, 0.2) is 0 Å². The molecule has 8 aromatic rings. The standard InChI is InChI=1S/4C25H24N/c1-3-9-20-14-16-24(21-10-5-4-6-11-21)18-23(20)17-15-22-12-7-8-13-25(22)19-26-2;1-3-9-23-18-24(20-10-5-4-6-11-20)17-16-22(23)15-14-21-12-7-8-13-25(21)19-26-2;1-3-9-20-12-7-8-13-22(20)14-15-24-18-23(16-17-25(24)19-26-2)21-10-5-4-6-11-21;1-3-9-20-12-7-8-13-22(20)14-15-23-16-17-24(18-25(23)19-26-2)21-10-5-4-6-11-21/h7-8,12-14,16,18,21H,4-6,10-11H2,1-2H3;7-8,12-13,16-18,20H,4-6,10-11H2,1-2H3;2*7-8,12-13,16-18,21H,4-6,10-11H2,1-2H3/q4*+1/i21D;20D;2*21D. The molecule has 0 saturated heterocycles. The summed E-state index contributed by atoms with van der Waals surface area (Å²) in [6.45, 7) is 7.33. The van der Waals surface area contributed by atoms with Crippen molar-refractivity contribution in [3.63, 3.8) is 0 Å². The van der Waals surface area contributed by atoms with Gasteiger partial charge in [-0.15, -0.1) is 23.7 Å². The Balaban J connectivity index is 0.000000166. The highest BCUT2D eigenvalue weighted by molar-refractivity contribution is 5.61. The molecule has 12 rings (SSSR count). The minimum atomic E-state index is -0.498. The minimum Gasteiger partial charge on any atom is -0.101 e. The van der Waals surface area contributed by atoms with Gasteiger partial charge >= 0.3 is 24.3 Å². The molecule has 512 valence electrons. The van der Waals surface area contributed by atoms with Crippen LogP contribution in [0.3, 0.4) is 0 Å². The van der Waals surface area contributed by atoms with Gasteiger partial charge in [-0.3, -0.25) is 0 Å². The second kappa shape index (κ2) is 42.5. The van der Waals surface area contributed by atoms with Gasteiger partial charge in [0.25, 0.3) is 28.2 Å². The van der Waals surface area contributed by atoms with Crippen molar-refractivity contribution >= 4 is 0 Å². The van der Waals surface area contributed by atoms with Crippen LogP contribution in [0, 0.1) is 119 Å². The lowest BCUT2D eigenvalue weighted by molar-refractivity contribution is 0.443. The van der Waals surface area contributed by atoms with Crippen molar-refractivity contribution in [1.82, 2.24) is 0 Å². The minimum absolute atomic E-state index is 0.479. The third kappa shape index (κ3) is 23.1. The molecule has 0 spiro atoms. The molecule has 0 aliphatic heterocycles. The molecule has 8 aromatic carbocycles. The van der Waals surface area contributed by atoms with Crippen LogP contribution in [0.5, 0.6) is 0 Å². The van der Waals surface area contributed by atoms with E-state index in [0.717, 1.165) is 214 Å². The Morgan fingerprint density at radius 3 is 0.702 bits per heavy atom. The average Bonchev–Trinajstić information content (AvgIpc) is 0.815. The van der Waals surface area contributed by atoms with E-state index in [1.54, 1.807) is 28.2 Å². The second-order valence-electron chi connectivity index (χ2n) is 25.7. The van der Waals surface area contributed by atoms with Crippen molar-refractivity contribution in [3.05, 3.63) is 301 Å². The van der Waals surface area contributed by atoms with E-state index in [1.165, 1.54) is 25.7 Å². The van der Waals surface area contributed by atoms with Gasteiger partial charge in [-0.1, -0.05) is 240 Å². The maximum Gasteiger partial charge on any atom is 0.311 e. The van der Waals surface area contributed by atoms with Crippen LogP contribution in [0.1, 0.15) is 296 Å². The van der Waals surface area contributed by atoms with E-state index in [2.05, 4.69) is 175 Å². The van der Waals surface area contributed by atoms with Crippen LogP contribution in [0.15, 0.2) is 170 Å². The van der Waals surface area contributed by atoms with Gasteiger partial charge in [-0.2, -0.15) is 0 Å². The van der Waals surface area contributed by atoms with E-state index in [1.807, 2.05) is 161 Å². The molecule has 4 fully saturated rings. The third-order valence-corrected chi connectivity index (χ3v) is 18.5. The summed E-state index contributed by atoms with van der Waals surface area (Å²) < 4.78 is 35.5. The smallest absolute Gasteiger partial charge is 0.101 e. The van der Waals surface area contributed by atoms with Gasteiger partial charge in [-0.25, -0.2) is 0 Å². The summed E-state index contributed by atoms with van der Waals surface area (Å²) in [5.74, 6) is 48.5. The van der Waals surface area contributed by atoms with Crippen molar-refractivity contribution in [1.29, 1.82) is 0 Å². The van der Waals surface area contributed by atoms with Crippen molar-refractivity contribution in [2.75, 3.05) is 28.2 Å². The summed E-state index contributed by atoms with van der Waals surface area (Å²) >= 11 is 0. The lowest BCUT2D eigenvalue weighted by atomic mass is 9.83. The summed E-state index contributed by atoms with van der Waals surface area (Å²) in [4.78, 5) is 16.1. The molecule has 0 atom stereocenters. The highest BCUT2D eigenvalue weighted by atomic mass is 14.6. The molecule has 4 nitrogen and oxygen atoms in total. The molecule has 4 heteroatoms. The summed E-state index contributed by atoms with van der Waals surface area (Å²) in [6.07, 6.45) is 21.3. The quantitative estimate of drug-likeness (QED) is 0.156. The largest absolute Gasteiger partial charge is 0.311 e. The van der Waals surface area contributed by atoms with Gasteiger partial charge in [-0.05, 0) is 222 Å². The normalized spacial score (nSPS) is 15.2. The van der Waals surface area contributed by atoms with Crippen molar-refractivity contribution in [2.45, 2.75) is 180 Å². The Morgan fingerprint density at radius 1 is 0.221 bits per heavy atom. The fourth-order valence-electron chi connectivity index (χ4n) is 13.3. The van der Waals surface area contributed by atoms with Crippen LogP contribution in [0.4, 0.5) is 0 Å². The molecule has 0 bridgehead atoms. The maximum absolute atomic E-state index is 8.91. The van der Waals surface area contributed by atoms with Crippen molar-refractivity contribution in [3.8, 4) is 119 Å². The van der Waals surface area contributed by atoms with E-state index < -0.39 is 23.6 Å². The number of nitrogens with zero attached hydrogens (tertiary/aromatic N) is 4. The Hall–Kier alpha value is -11.8. The molecule has 0 N–H and O–H groups in total. The molecular formula is C100H96N4+4. The zero-order chi connectivity index (χ0) is 76.5. The number of rotatable bonds is 4. The maximum atomic E-state index is 8.91. The molecule has 104 heavy (non-hydrogen) atoms. The lowest BCUT2D eigenvalue weighted by Crippen LogP contribution is -2.05. The Kier molecular flexibility index (Phi) is 28.8. The van der Waals surface area contributed by atoms with Crippen LogP contribution in [0.2, 0.25) is 0 Å². The molecule has 0 unspecified atom stereocenters. The molecule has 0 radical (unpaired) electrons. The first-order valence-corrected chi connectivity index (χ1v) is 36.8. The Bertz CT molecular complexity index is 5050. The first kappa shape index (κ1) is 70.6.